The second kappa shape index (κ2) is 5.43. The molecule has 3 heteroatoms. The molecule has 3 nitrogen and oxygen atoms in total. The molecule has 0 bridgehead atoms. The van der Waals surface area contributed by atoms with Crippen LogP contribution in [-0.4, -0.2) is 25.1 Å². The van der Waals surface area contributed by atoms with Gasteiger partial charge in [0.15, 0.2) is 0 Å². The fourth-order valence-corrected chi connectivity index (χ4v) is 0.228. The molecule has 0 aromatic rings. The fourth-order valence-electron chi connectivity index (χ4n) is 0.228. The van der Waals surface area contributed by atoms with Crippen LogP contribution in [0.2, 0.25) is 0 Å². The van der Waals surface area contributed by atoms with E-state index in [0.29, 0.717) is 13.0 Å². The summed E-state index contributed by atoms with van der Waals surface area (Å²) < 4.78 is 4.64. The first-order chi connectivity index (χ1) is 3.41. The van der Waals surface area contributed by atoms with Crippen molar-refractivity contribution < 1.29 is 9.94 Å². The first-order valence-electron chi connectivity index (χ1n) is 2.06. The molecule has 0 heterocycles. The summed E-state index contributed by atoms with van der Waals surface area (Å²) in [6, 6.07) is 0. The summed E-state index contributed by atoms with van der Waals surface area (Å²) in [5, 5.41) is 10.6. The van der Waals surface area contributed by atoms with Crippen LogP contribution >= 0.6 is 0 Å². The maximum Gasteiger partial charge on any atom is 0.0513 e. The molecule has 0 rings (SSSR count). The van der Waals surface area contributed by atoms with E-state index in [-0.39, 0.29) is 0 Å². The Labute approximate surface area is 42.6 Å². The number of hydrogen-bond donors (Lipinski definition) is 1. The van der Waals surface area contributed by atoms with E-state index in [4.69, 9.17) is 5.21 Å². The molecular weight excluding hydrogens is 94.0 g/mol. The zero-order valence-corrected chi connectivity index (χ0v) is 4.29. The molecule has 0 aliphatic heterocycles. The molecular formula is C4H9NO2. The van der Waals surface area contributed by atoms with Crippen LogP contribution in [0.15, 0.2) is 5.16 Å². The summed E-state index contributed by atoms with van der Waals surface area (Å²) in [6.45, 7) is 0.615. The number of nitrogens with zero attached hydrogens (tertiary/aromatic N) is 1. The zero-order valence-electron chi connectivity index (χ0n) is 4.29. The normalized spacial score (nSPS) is 10.4. The molecule has 0 spiro atoms. The van der Waals surface area contributed by atoms with Gasteiger partial charge in [-0.25, -0.2) is 0 Å². The van der Waals surface area contributed by atoms with Gasteiger partial charge in [0.05, 0.1) is 6.61 Å². The fraction of sp³-hybridized carbons (Fsp3) is 0.750. The van der Waals surface area contributed by atoms with E-state index in [0.717, 1.165) is 0 Å². The average Bonchev–Trinajstić information content (AvgIpc) is 1.69. The van der Waals surface area contributed by atoms with Gasteiger partial charge in [-0.3, -0.25) is 0 Å². The van der Waals surface area contributed by atoms with E-state index >= 15 is 0 Å². The molecule has 0 unspecified atom stereocenters. The van der Waals surface area contributed by atoms with Crippen molar-refractivity contribution in [3.8, 4) is 0 Å². The molecule has 0 aliphatic carbocycles. The molecule has 0 saturated carbocycles. The van der Waals surface area contributed by atoms with Gasteiger partial charge in [-0.15, -0.1) is 5.16 Å². The summed E-state index contributed by atoms with van der Waals surface area (Å²) in [6.07, 6.45) is 2.07. The second-order valence-electron chi connectivity index (χ2n) is 1.08. The van der Waals surface area contributed by atoms with Gasteiger partial charge in [-0.05, 0) is 0 Å². The Hall–Kier alpha value is -0.570. The van der Waals surface area contributed by atoms with Gasteiger partial charge < -0.3 is 9.94 Å². The smallest absolute Gasteiger partial charge is 0.0513 e. The van der Waals surface area contributed by atoms with Crippen LogP contribution in [0.25, 0.3) is 0 Å². The molecule has 0 radical (unpaired) electrons. The van der Waals surface area contributed by atoms with Crippen molar-refractivity contribution in [1.29, 1.82) is 0 Å². The Morgan fingerprint density at radius 3 is 3.00 bits per heavy atom. The van der Waals surface area contributed by atoms with Gasteiger partial charge in [0, 0.05) is 19.7 Å². The van der Waals surface area contributed by atoms with Crippen molar-refractivity contribution >= 4 is 6.21 Å². The molecule has 7 heavy (non-hydrogen) atoms. The van der Waals surface area contributed by atoms with Crippen molar-refractivity contribution in [1.82, 2.24) is 0 Å². The van der Waals surface area contributed by atoms with Crippen molar-refractivity contribution in [3.63, 3.8) is 0 Å². The SMILES string of the molecule is COCCC=NO. The molecule has 0 atom stereocenters. The second-order valence-corrected chi connectivity index (χ2v) is 1.08. The van der Waals surface area contributed by atoms with Crippen molar-refractivity contribution in [2.75, 3.05) is 13.7 Å². The molecule has 0 fully saturated rings. The van der Waals surface area contributed by atoms with E-state index in [1.165, 1.54) is 6.21 Å². The minimum atomic E-state index is 0.615. The first-order valence-corrected chi connectivity index (χ1v) is 2.06. The number of rotatable bonds is 3. The maximum atomic E-state index is 7.81. The summed E-state index contributed by atoms with van der Waals surface area (Å²) >= 11 is 0. The Balaban J connectivity index is 2.69. The lowest BCUT2D eigenvalue weighted by atomic mass is 10.5. The van der Waals surface area contributed by atoms with Gasteiger partial charge in [0.1, 0.15) is 0 Å². The number of ether oxygens (including phenoxy) is 1. The quantitative estimate of drug-likeness (QED) is 0.244. The van der Waals surface area contributed by atoms with Crippen LogP contribution < -0.4 is 0 Å². The molecule has 0 aromatic heterocycles. The van der Waals surface area contributed by atoms with Gasteiger partial charge >= 0.3 is 0 Å². The van der Waals surface area contributed by atoms with Crippen LogP contribution in [0.5, 0.6) is 0 Å². The molecule has 1 N–H and O–H groups in total. The van der Waals surface area contributed by atoms with Gasteiger partial charge in [-0.1, -0.05) is 0 Å². The molecule has 0 saturated heterocycles. The van der Waals surface area contributed by atoms with E-state index in [2.05, 4.69) is 9.89 Å². The van der Waals surface area contributed by atoms with Crippen molar-refractivity contribution in [3.05, 3.63) is 0 Å². The predicted molar refractivity (Wildman–Crippen MR) is 26.8 cm³/mol. The van der Waals surface area contributed by atoms with E-state index in [1.54, 1.807) is 7.11 Å². The minimum absolute atomic E-state index is 0.615. The standard InChI is InChI=1S/C4H9NO2/c1-7-4-2-3-5-6/h3,6H,2,4H2,1H3. The van der Waals surface area contributed by atoms with E-state index in [9.17, 15) is 0 Å². The Morgan fingerprint density at radius 2 is 2.57 bits per heavy atom. The van der Waals surface area contributed by atoms with Crippen LogP contribution in [0.1, 0.15) is 6.42 Å². The minimum Gasteiger partial charge on any atom is -0.411 e. The van der Waals surface area contributed by atoms with Crippen LogP contribution in [0, 0.1) is 0 Å². The molecule has 0 amide bonds. The number of methoxy groups -OCH3 is 1. The molecule has 0 aromatic carbocycles. The summed E-state index contributed by atoms with van der Waals surface area (Å²) in [7, 11) is 1.60. The summed E-state index contributed by atoms with van der Waals surface area (Å²) in [5.41, 5.74) is 0. The zero-order chi connectivity index (χ0) is 5.54. The third-order valence-electron chi connectivity index (χ3n) is 0.533. The summed E-state index contributed by atoms with van der Waals surface area (Å²) in [5.74, 6) is 0. The lowest BCUT2D eigenvalue weighted by Gasteiger charge is -1.86. The van der Waals surface area contributed by atoms with Gasteiger partial charge in [0.2, 0.25) is 0 Å². The van der Waals surface area contributed by atoms with E-state index < -0.39 is 0 Å². The highest BCUT2D eigenvalue weighted by Gasteiger charge is 1.74. The molecule has 0 aliphatic rings. The first kappa shape index (κ1) is 6.43. The van der Waals surface area contributed by atoms with Gasteiger partial charge in [-0.2, -0.15) is 0 Å². The lowest BCUT2D eigenvalue weighted by molar-refractivity contribution is 0.207. The Bertz CT molecular complexity index is 53.7. The maximum absolute atomic E-state index is 7.81. The van der Waals surface area contributed by atoms with Crippen LogP contribution in [0.3, 0.4) is 0 Å². The average molecular weight is 103 g/mol. The monoisotopic (exact) mass is 103 g/mol. The number of oxime groups is 1. The van der Waals surface area contributed by atoms with Gasteiger partial charge in [0.25, 0.3) is 0 Å². The Kier molecular flexibility index (Phi) is 4.99. The highest BCUT2D eigenvalue weighted by atomic mass is 16.5. The van der Waals surface area contributed by atoms with Crippen molar-refractivity contribution in [2.24, 2.45) is 5.16 Å². The highest BCUT2D eigenvalue weighted by molar-refractivity contribution is 5.56. The van der Waals surface area contributed by atoms with Crippen molar-refractivity contribution in [2.45, 2.75) is 6.42 Å². The van der Waals surface area contributed by atoms with E-state index in [1.807, 2.05) is 0 Å². The summed E-state index contributed by atoms with van der Waals surface area (Å²) in [4.78, 5) is 0. The number of hydrogen-bond acceptors (Lipinski definition) is 3. The third kappa shape index (κ3) is 5.43. The highest BCUT2D eigenvalue weighted by Crippen LogP contribution is 1.71. The van der Waals surface area contributed by atoms with Crippen LogP contribution in [-0.2, 0) is 4.74 Å². The van der Waals surface area contributed by atoms with Crippen LogP contribution in [0.4, 0.5) is 0 Å². The topological polar surface area (TPSA) is 41.8 Å². The third-order valence-corrected chi connectivity index (χ3v) is 0.533. The lowest BCUT2D eigenvalue weighted by Crippen LogP contribution is -1.87. The Morgan fingerprint density at radius 1 is 1.86 bits per heavy atom. The molecule has 42 valence electrons. The predicted octanol–water partition coefficient (Wildman–Crippen LogP) is 0.483. The largest absolute Gasteiger partial charge is 0.411 e.